The van der Waals surface area contributed by atoms with Gasteiger partial charge in [-0.05, 0) is 40.4 Å². The Labute approximate surface area is 155 Å². The Kier molecular flexibility index (Phi) is 6.02. The van der Waals surface area contributed by atoms with E-state index in [9.17, 15) is 4.79 Å². The molecule has 134 valence electrons. The topological polar surface area (TPSA) is 26.3 Å². The molecule has 0 aliphatic carbocycles. The minimum Gasteiger partial charge on any atom is -0.426 e. The van der Waals surface area contributed by atoms with Crippen molar-refractivity contribution in [1.82, 2.24) is 0 Å². The maximum Gasteiger partial charge on any atom is 0.308 e. The van der Waals surface area contributed by atoms with Gasteiger partial charge in [-0.25, -0.2) is 0 Å². The molecule has 0 saturated carbocycles. The van der Waals surface area contributed by atoms with E-state index < -0.39 is 0 Å². The molecule has 0 atom stereocenters. The van der Waals surface area contributed by atoms with E-state index in [-0.39, 0.29) is 16.8 Å². The van der Waals surface area contributed by atoms with Crippen LogP contribution in [-0.4, -0.2) is 17.5 Å². The third kappa shape index (κ3) is 4.72. The molecule has 0 aromatic heterocycles. The molecule has 1 aromatic carbocycles. The molecule has 0 N–H and O–H groups in total. The first-order valence-electron chi connectivity index (χ1n) is 8.60. The molecule has 1 fully saturated rings. The van der Waals surface area contributed by atoms with Crippen molar-refractivity contribution in [2.45, 2.75) is 70.3 Å². The van der Waals surface area contributed by atoms with E-state index in [1.165, 1.54) is 36.0 Å². The largest absolute Gasteiger partial charge is 0.426 e. The van der Waals surface area contributed by atoms with E-state index in [0.29, 0.717) is 4.58 Å². The molecule has 0 radical (unpaired) electrons. The van der Waals surface area contributed by atoms with Gasteiger partial charge in [0.05, 0.1) is 4.58 Å². The van der Waals surface area contributed by atoms with Gasteiger partial charge in [0.15, 0.2) is 0 Å². The molecule has 2 nitrogen and oxygen atoms in total. The Morgan fingerprint density at radius 3 is 2.08 bits per heavy atom. The van der Waals surface area contributed by atoms with Crippen molar-refractivity contribution in [2.24, 2.45) is 0 Å². The van der Waals surface area contributed by atoms with E-state index in [4.69, 9.17) is 4.74 Å². The molecule has 1 aliphatic heterocycles. The maximum atomic E-state index is 11.8. The lowest BCUT2D eigenvalue weighted by Gasteiger charge is -2.31. The van der Waals surface area contributed by atoms with Crippen molar-refractivity contribution in [2.75, 3.05) is 11.5 Å². The minimum atomic E-state index is -0.240. The van der Waals surface area contributed by atoms with Crippen LogP contribution in [0.3, 0.4) is 0 Å². The van der Waals surface area contributed by atoms with Crippen molar-refractivity contribution >= 4 is 29.5 Å². The summed E-state index contributed by atoms with van der Waals surface area (Å²) in [7, 11) is 0. The first-order valence-corrected chi connectivity index (χ1v) is 10.7. The monoisotopic (exact) mass is 366 g/mol. The smallest absolute Gasteiger partial charge is 0.308 e. The zero-order chi connectivity index (χ0) is 18.1. The number of hydrogen-bond acceptors (Lipinski definition) is 4. The molecule has 1 heterocycles. The van der Waals surface area contributed by atoms with Gasteiger partial charge in [0.25, 0.3) is 0 Å². The summed E-state index contributed by atoms with van der Waals surface area (Å²) in [5, 5.41) is 0. The molecule has 4 heteroatoms. The van der Waals surface area contributed by atoms with Crippen LogP contribution in [0.2, 0.25) is 0 Å². The number of benzene rings is 1. The van der Waals surface area contributed by atoms with E-state index in [0.717, 1.165) is 11.3 Å². The number of rotatable bonds is 2. The van der Waals surface area contributed by atoms with E-state index in [1.807, 2.05) is 23.5 Å². The van der Waals surface area contributed by atoms with Crippen LogP contribution in [0.4, 0.5) is 0 Å². The Morgan fingerprint density at radius 1 is 1.04 bits per heavy atom. The van der Waals surface area contributed by atoms with Gasteiger partial charge < -0.3 is 4.74 Å². The number of ether oxygens (including phenoxy) is 1. The summed E-state index contributed by atoms with van der Waals surface area (Å²) < 4.78 is 6.10. The summed E-state index contributed by atoms with van der Waals surface area (Å²) >= 11 is 3.94. The fraction of sp³-hybridized carbons (Fsp3) is 0.650. The normalized spacial score (nSPS) is 17.0. The van der Waals surface area contributed by atoms with Gasteiger partial charge in [-0.15, -0.1) is 23.5 Å². The molecule has 0 bridgehead atoms. The Hall–Kier alpha value is -0.610. The zero-order valence-electron chi connectivity index (χ0n) is 16.0. The fourth-order valence-electron chi connectivity index (χ4n) is 2.74. The second-order valence-corrected chi connectivity index (χ2v) is 11.2. The van der Waals surface area contributed by atoms with Gasteiger partial charge in [0.1, 0.15) is 5.75 Å². The number of carbonyl (C=O) groups excluding carboxylic acids is 1. The van der Waals surface area contributed by atoms with Gasteiger partial charge in [-0.2, -0.15) is 0 Å². The van der Waals surface area contributed by atoms with E-state index in [1.54, 1.807) is 0 Å². The van der Waals surface area contributed by atoms with Gasteiger partial charge in [0.2, 0.25) is 0 Å². The van der Waals surface area contributed by atoms with E-state index in [2.05, 4.69) is 53.7 Å². The second-order valence-electron chi connectivity index (χ2n) is 8.46. The Morgan fingerprint density at radius 2 is 1.62 bits per heavy atom. The molecule has 1 saturated heterocycles. The minimum absolute atomic E-state index is 0.0630. The first kappa shape index (κ1) is 19.7. The van der Waals surface area contributed by atoms with Crippen molar-refractivity contribution in [3.8, 4) is 5.75 Å². The lowest BCUT2D eigenvalue weighted by molar-refractivity contribution is -0.132. The van der Waals surface area contributed by atoms with Crippen LogP contribution >= 0.6 is 23.5 Å². The summed E-state index contributed by atoms with van der Waals surface area (Å²) in [6, 6.07) is 4.50. The number of thioether (sulfide) groups is 2. The molecular formula is C20H30O2S2. The summed E-state index contributed by atoms with van der Waals surface area (Å²) in [4.78, 5) is 11.8. The molecular weight excluding hydrogens is 336 g/mol. The van der Waals surface area contributed by atoms with Crippen LogP contribution in [-0.2, 0) is 15.6 Å². The quantitative estimate of drug-likeness (QED) is 0.468. The number of esters is 1. The molecule has 2 rings (SSSR count). The Bertz CT molecular complexity index is 603. The van der Waals surface area contributed by atoms with Crippen LogP contribution in [0.1, 0.15) is 76.2 Å². The predicted molar refractivity (Wildman–Crippen MR) is 107 cm³/mol. The predicted octanol–water partition coefficient (Wildman–Crippen LogP) is 6.08. The first-order chi connectivity index (χ1) is 11.0. The lowest BCUT2D eigenvalue weighted by atomic mass is 9.79. The summed E-state index contributed by atoms with van der Waals surface area (Å²) in [6.45, 7) is 14.8. The number of carbonyl (C=O) groups is 1. The average molecular weight is 367 g/mol. The van der Waals surface area contributed by atoms with Crippen LogP contribution in [0.25, 0.3) is 0 Å². The van der Waals surface area contributed by atoms with Crippen LogP contribution in [0.15, 0.2) is 12.1 Å². The standard InChI is InChI=1S/C20H30O2S2/c1-13(21)22-17-15(18-23-9-8-10-24-18)11-14(19(2,3)4)12-16(17)20(5,6)7/h11-12,18H,8-10H2,1-7H3. The number of hydrogen-bond donors (Lipinski definition) is 0. The van der Waals surface area contributed by atoms with Crippen molar-refractivity contribution in [3.63, 3.8) is 0 Å². The lowest BCUT2D eigenvalue weighted by Crippen LogP contribution is -2.21. The van der Waals surface area contributed by atoms with Gasteiger partial charge in [-0.1, -0.05) is 47.6 Å². The van der Waals surface area contributed by atoms with Crippen LogP contribution < -0.4 is 4.74 Å². The highest BCUT2D eigenvalue weighted by Crippen LogP contribution is 2.50. The Balaban J connectivity index is 2.69. The van der Waals surface area contributed by atoms with Gasteiger partial charge in [0, 0.05) is 18.1 Å². The highest BCUT2D eigenvalue weighted by atomic mass is 32.2. The molecule has 1 aliphatic rings. The van der Waals surface area contributed by atoms with E-state index >= 15 is 0 Å². The molecule has 0 spiro atoms. The van der Waals surface area contributed by atoms with Crippen molar-refractivity contribution in [3.05, 3.63) is 28.8 Å². The summed E-state index contributed by atoms with van der Waals surface area (Å²) in [5.41, 5.74) is 3.60. The summed E-state index contributed by atoms with van der Waals surface area (Å²) in [6.07, 6.45) is 1.25. The zero-order valence-corrected chi connectivity index (χ0v) is 17.6. The van der Waals surface area contributed by atoms with Gasteiger partial charge in [-0.3, -0.25) is 4.79 Å². The SMILES string of the molecule is CC(=O)Oc1c(C2SCCCS2)cc(C(C)(C)C)cc1C(C)(C)C. The van der Waals surface area contributed by atoms with Crippen molar-refractivity contribution < 1.29 is 9.53 Å². The van der Waals surface area contributed by atoms with Crippen LogP contribution in [0.5, 0.6) is 5.75 Å². The van der Waals surface area contributed by atoms with Crippen molar-refractivity contribution in [1.29, 1.82) is 0 Å². The third-order valence-electron chi connectivity index (χ3n) is 4.12. The maximum absolute atomic E-state index is 11.8. The molecule has 0 unspecified atom stereocenters. The highest BCUT2D eigenvalue weighted by Gasteiger charge is 2.30. The fourth-order valence-corrected chi connectivity index (χ4v) is 5.65. The summed E-state index contributed by atoms with van der Waals surface area (Å²) in [5.74, 6) is 2.88. The average Bonchev–Trinajstić information content (AvgIpc) is 2.45. The highest BCUT2D eigenvalue weighted by molar-refractivity contribution is 8.16. The molecule has 24 heavy (non-hydrogen) atoms. The molecule has 1 aromatic rings. The second kappa shape index (κ2) is 7.33. The third-order valence-corrected chi connectivity index (χ3v) is 7.10. The van der Waals surface area contributed by atoms with Gasteiger partial charge >= 0.3 is 5.97 Å². The molecule has 0 amide bonds. The van der Waals surface area contributed by atoms with Crippen LogP contribution in [0, 0.1) is 0 Å².